The number of hydrogen-bond acceptors (Lipinski definition) is 4. The van der Waals surface area contributed by atoms with Gasteiger partial charge in [0.25, 0.3) is 0 Å². The van der Waals surface area contributed by atoms with E-state index in [0.29, 0.717) is 0 Å². The molecule has 0 fully saturated rings. The average Bonchev–Trinajstić information content (AvgIpc) is 2.39. The molecule has 0 saturated carbocycles. The van der Waals surface area contributed by atoms with Gasteiger partial charge in [0.15, 0.2) is 0 Å². The fourth-order valence-corrected chi connectivity index (χ4v) is 1.47. The molecule has 0 radical (unpaired) electrons. The summed E-state index contributed by atoms with van der Waals surface area (Å²) in [6.45, 7) is 0.935. The predicted octanol–water partition coefficient (Wildman–Crippen LogP) is 0.832. The van der Waals surface area contributed by atoms with Crippen LogP contribution in [-0.4, -0.2) is 38.5 Å². The summed E-state index contributed by atoms with van der Waals surface area (Å²) in [5.41, 5.74) is 7.41. The third-order valence-corrected chi connectivity index (χ3v) is 2.37. The van der Waals surface area contributed by atoms with Crippen molar-refractivity contribution < 1.29 is 6.21 Å². The molecule has 96 valence electrons. The van der Waals surface area contributed by atoms with E-state index in [1.165, 1.54) is 5.56 Å². The minimum Gasteiger partial charge on any atom is -0.344 e. The summed E-state index contributed by atoms with van der Waals surface area (Å²) < 4.78 is 5.25. The van der Waals surface area contributed by atoms with E-state index >= 15 is 0 Å². The molecule has 0 atom stereocenters. The first-order valence-electron chi connectivity index (χ1n) is 5.82. The molecule has 0 bridgehead atoms. The first-order valence-corrected chi connectivity index (χ1v) is 5.25. The Kier molecular flexibility index (Phi) is 5.62. The summed E-state index contributed by atoms with van der Waals surface area (Å²) in [5, 5.41) is 0. The van der Waals surface area contributed by atoms with Crippen LogP contribution in [0.5, 0.6) is 0 Å². The number of amides is 1. The highest BCUT2D eigenvalue weighted by Gasteiger charge is 2.08. The summed E-state index contributed by atoms with van der Waals surface area (Å²) in [4.78, 5) is 15.0. The first kappa shape index (κ1) is 13.6. The second-order valence-electron chi connectivity index (χ2n) is 4.06. The highest BCUT2D eigenvalue weighted by atomic mass is 16.2. The molecule has 0 spiro atoms. The Labute approximate surface area is 104 Å². The normalized spacial score (nSPS) is 10.4. The molecule has 0 unspecified atom stereocenters. The van der Waals surface area contributed by atoms with Crippen molar-refractivity contribution in [3.05, 3.63) is 29.8 Å². The molecule has 0 heterocycles. The van der Waals surface area contributed by atoms with Crippen LogP contribution in [-0.2, 0) is 11.3 Å². The van der Waals surface area contributed by atoms with Gasteiger partial charge < -0.3 is 21.7 Å². The first-order chi connectivity index (χ1) is 8.54. The van der Waals surface area contributed by atoms with Crippen molar-refractivity contribution in [2.24, 2.45) is 5.73 Å². The lowest BCUT2D eigenvalue weighted by atomic mass is 10.2. The fourth-order valence-electron chi connectivity index (χ4n) is 1.47. The molecule has 5 nitrogen and oxygen atoms in total. The van der Waals surface area contributed by atoms with Crippen LogP contribution in [0.25, 0.3) is 0 Å². The van der Waals surface area contributed by atoms with Crippen molar-refractivity contribution in [1.82, 2.24) is 11.0 Å². The monoisotopic (exact) mass is 240 g/mol. The van der Waals surface area contributed by atoms with Crippen LogP contribution in [0.3, 0.4) is 0 Å². The van der Waals surface area contributed by atoms with Crippen molar-refractivity contribution in [3.8, 4) is 0 Å². The van der Waals surface area contributed by atoms with Crippen molar-refractivity contribution in [2.45, 2.75) is 6.54 Å². The van der Waals surface area contributed by atoms with Crippen LogP contribution in [0.2, 0.25) is 1.41 Å². The van der Waals surface area contributed by atoms with Gasteiger partial charge in [-0.15, -0.1) is 0 Å². The van der Waals surface area contributed by atoms with Crippen LogP contribution in [0, 0.1) is 0 Å². The zero-order chi connectivity index (χ0) is 14.1. The smallest absolute Gasteiger partial charge is 0.240 e. The fraction of sp³-hybridized carbons (Fsp3) is 0.417. The Balaban J connectivity index is 0.00000137. The summed E-state index contributed by atoms with van der Waals surface area (Å²) in [5.74, 6) is -0.0830. The highest BCUT2D eigenvalue weighted by molar-refractivity contribution is 5.94. The van der Waals surface area contributed by atoms with E-state index < -0.39 is 0 Å². The molecule has 0 saturated heterocycles. The van der Waals surface area contributed by atoms with E-state index in [2.05, 4.69) is 11.0 Å². The van der Waals surface area contributed by atoms with E-state index in [4.69, 9.17) is 7.15 Å². The van der Waals surface area contributed by atoms with Gasteiger partial charge in [-0.25, -0.2) is 0 Å². The lowest BCUT2D eigenvalue weighted by Crippen LogP contribution is -2.32. The van der Waals surface area contributed by atoms with Gasteiger partial charge in [-0.2, -0.15) is 0 Å². The summed E-state index contributed by atoms with van der Waals surface area (Å²) in [7, 11) is 5.78. The molecule has 1 rings (SSSR count). The molecular weight excluding hydrogens is 216 g/mol. The molecule has 17 heavy (non-hydrogen) atoms. The Morgan fingerprint density at radius 3 is 2.24 bits per heavy atom. The van der Waals surface area contributed by atoms with Gasteiger partial charge in [0.2, 0.25) is 5.91 Å². The maximum atomic E-state index is 11.4. The number of anilines is 1. The predicted molar refractivity (Wildman–Crippen MR) is 71.3 cm³/mol. The lowest BCUT2D eigenvalue weighted by molar-refractivity contribution is -0.117. The Morgan fingerprint density at radius 1 is 1.29 bits per heavy atom. The lowest BCUT2D eigenvalue weighted by Gasteiger charge is -2.17. The van der Waals surface area contributed by atoms with E-state index in [-0.39, 0.29) is 12.5 Å². The minimum atomic E-state index is -0.0830. The number of carbonyl (C=O) groups excluding carboxylic acids is 1. The van der Waals surface area contributed by atoms with Gasteiger partial charge in [-0.1, -0.05) is 12.1 Å². The molecule has 1 aromatic rings. The summed E-state index contributed by atoms with van der Waals surface area (Å²) in [6, 6.07) is 7.92. The standard InChI is InChI=1S/C12H19N3O.H3N/c1-14(2)9-10-4-6-11(7-5-10)15(3)12(16)8-13;/h4-7H,8-9,13H2,1-3H3;1H3/i/hT. The summed E-state index contributed by atoms with van der Waals surface area (Å²) in [6.07, 6.45) is 3.75. The van der Waals surface area contributed by atoms with E-state index in [1.54, 1.807) is 11.9 Å². The van der Waals surface area contributed by atoms with Crippen molar-refractivity contribution >= 4 is 11.6 Å². The molecule has 1 aromatic carbocycles. The van der Waals surface area contributed by atoms with Gasteiger partial charge in [0, 0.05) is 19.3 Å². The van der Waals surface area contributed by atoms with Crippen LogP contribution in [0.15, 0.2) is 24.3 Å². The van der Waals surface area contributed by atoms with Gasteiger partial charge >= 0.3 is 0 Å². The molecule has 5 heteroatoms. The number of likely N-dealkylation sites (N-methyl/N-ethyl adjacent to an activating group) is 1. The van der Waals surface area contributed by atoms with Crippen LogP contribution < -0.4 is 16.8 Å². The average molecular weight is 240 g/mol. The number of benzene rings is 1. The van der Waals surface area contributed by atoms with E-state index in [0.717, 1.165) is 12.2 Å². The molecule has 0 aromatic heterocycles. The van der Waals surface area contributed by atoms with E-state index in [9.17, 15) is 4.79 Å². The third kappa shape index (κ3) is 4.52. The molecule has 1 amide bonds. The van der Waals surface area contributed by atoms with Crippen LogP contribution in [0.1, 0.15) is 5.56 Å². The largest absolute Gasteiger partial charge is 0.344 e. The molecule has 0 aliphatic carbocycles. The zero-order valence-corrected chi connectivity index (χ0v) is 10.7. The van der Waals surface area contributed by atoms with E-state index in [1.807, 2.05) is 38.4 Å². The number of carbonyl (C=O) groups is 1. The highest BCUT2D eigenvalue weighted by Crippen LogP contribution is 2.14. The van der Waals surface area contributed by atoms with Crippen molar-refractivity contribution in [2.75, 3.05) is 32.6 Å². The zero-order valence-electron chi connectivity index (χ0n) is 11.7. The molecule has 0 aliphatic rings. The summed E-state index contributed by atoms with van der Waals surface area (Å²) >= 11 is 0. The Morgan fingerprint density at radius 2 is 1.82 bits per heavy atom. The third-order valence-electron chi connectivity index (χ3n) is 2.37. The SMILES string of the molecule is CN(C)Cc1ccc(N(C)C(=O)CN)cc1.[3H]N. The minimum absolute atomic E-state index is 0.0376. The van der Waals surface area contributed by atoms with Crippen LogP contribution in [0.4, 0.5) is 5.69 Å². The Hall–Kier alpha value is -1.43. The maximum Gasteiger partial charge on any atom is 0.240 e. The number of nitrogens with zero attached hydrogens (tertiary/aromatic N) is 2. The Bertz CT molecular complexity index is 354. The number of nitrogens with two attached hydrogens (primary N) is 1. The van der Waals surface area contributed by atoms with Gasteiger partial charge in [0.1, 0.15) is 1.41 Å². The maximum absolute atomic E-state index is 11.4. The quantitative estimate of drug-likeness (QED) is 0.816. The van der Waals surface area contributed by atoms with Crippen molar-refractivity contribution in [3.63, 3.8) is 0 Å². The van der Waals surface area contributed by atoms with Crippen LogP contribution >= 0.6 is 0 Å². The van der Waals surface area contributed by atoms with Gasteiger partial charge in [0.05, 0.1) is 6.54 Å². The van der Waals surface area contributed by atoms with Gasteiger partial charge in [-0.05, 0) is 31.8 Å². The molecule has 0 aliphatic heterocycles. The topological polar surface area (TPSA) is 84.6 Å². The second kappa shape index (κ2) is 7.01. The number of hydrogen-bond donors (Lipinski definition) is 2. The molecule has 5 N–H and O–H groups in total. The van der Waals surface area contributed by atoms with Gasteiger partial charge in [-0.3, -0.25) is 4.79 Å². The second-order valence-corrected chi connectivity index (χ2v) is 4.06. The molecular formula is C12H22N4O. The van der Waals surface area contributed by atoms with Crippen molar-refractivity contribution in [1.29, 1.82) is 0 Å². The number of rotatable bonds is 4.